The van der Waals surface area contributed by atoms with E-state index in [2.05, 4.69) is 5.32 Å². The first-order chi connectivity index (χ1) is 10.9. The Morgan fingerprint density at radius 3 is 2.52 bits per heavy atom. The van der Waals surface area contributed by atoms with Gasteiger partial charge in [0.1, 0.15) is 5.58 Å². The van der Waals surface area contributed by atoms with Crippen LogP contribution in [0.15, 0.2) is 27.4 Å². The molecule has 0 atom stereocenters. The lowest BCUT2D eigenvalue weighted by Gasteiger charge is -2.20. The van der Waals surface area contributed by atoms with E-state index in [9.17, 15) is 9.59 Å². The fourth-order valence-corrected chi connectivity index (χ4v) is 2.59. The molecule has 0 spiro atoms. The summed E-state index contributed by atoms with van der Waals surface area (Å²) in [7, 11) is 0. The number of carbonyl (C=O) groups excluding carboxylic acids is 1. The van der Waals surface area contributed by atoms with Gasteiger partial charge in [0.2, 0.25) is 5.91 Å². The van der Waals surface area contributed by atoms with E-state index < -0.39 is 0 Å². The predicted molar refractivity (Wildman–Crippen MR) is 91.6 cm³/mol. The van der Waals surface area contributed by atoms with Crippen molar-refractivity contribution in [2.24, 2.45) is 0 Å². The third-order valence-electron chi connectivity index (χ3n) is 4.03. The number of benzene rings is 1. The Bertz CT molecular complexity index is 765. The summed E-state index contributed by atoms with van der Waals surface area (Å²) >= 11 is 0. The van der Waals surface area contributed by atoms with Crippen molar-refractivity contribution in [1.29, 1.82) is 0 Å². The molecule has 5 nitrogen and oxygen atoms in total. The number of fused-ring (bicyclic) bond motifs is 1. The van der Waals surface area contributed by atoms with Crippen LogP contribution in [0.2, 0.25) is 0 Å². The molecular formula is C18H24N2O3. The lowest BCUT2D eigenvalue weighted by molar-refractivity contribution is -0.122. The van der Waals surface area contributed by atoms with E-state index in [1.54, 1.807) is 0 Å². The van der Waals surface area contributed by atoms with E-state index in [1.807, 2.05) is 44.7 Å². The second-order valence-electron chi connectivity index (χ2n) is 5.78. The Labute approximate surface area is 136 Å². The van der Waals surface area contributed by atoms with Crippen LogP contribution in [0.25, 0.3) is 11.0 Å². The fourth-order valence-electron chi connectivity index (χ4n) is 2.59. The Balaban J connectivity index is 2.36. The summed E-state index contributed by atoms with van der Waals surface area (Å²) in [4.78, 5) is 25.6. The second-order valence-corrected chi connectivity index (χ2v) is 5.78. The van der Waals surface area contributed by atoms with E-state index in [-0.39, 0.29) is 11.5 Å². The lowest BCUT2D eigenvalue weighted by atomic mass is 10.0. The van der Waals surface area contributed by atoms with E-state index in [0.29, 0.717) is 25.2 Å². The fraction of sp³-hybridized carbons (Fsp3) is 0.444. The molecule has 1 aromatic carbocycles. The second kappa shape index (κ2) is 7.42. The van der Waals surface area contributed by atoms with Gasteiger partial charge in [0.05, 0.1) is 6.54 Å². The number of nitrogens with one attached hydrogen (secondary N) is 1. The Morgan fingerprint density at radius 2 is 1.87 bits per heavy atom. The third-order valence-corrected chi connectivity index (χ3v) is 4.03. The molecule has 23 heavy (non-hydrogen) atoms. The van der Waals surface area contributed by atoms with Gasteiger partial charge in [0, 0.05) is 24.5 Å². The van der Waals surface area contributed by atoms with E-state index in [0.717, 1.165) is 28.6 Å². The van der Waals surface area contributed by atoms with Gasteiger partial charge >= 0.3 is 5.63 Å². The number of amides is 1. The molecule has 0 fully saturated rings. The number of carbonyl (C=O) groups is 1. The molecule has 124 valence electrons. The zero-order chi connectivity index (χ0) is 17.0. The van der Waals surface area contributed by atoms with Crippen LogP contribution < -0.4 is 10.9 Å². The minimum atomic E-state index is -0.357. The maximum atomic E-state index is 11.8. The summed E-state index contributed by atoms with van der Waals surface area (Å²) in [5.41, 5.74) is 3.38. The normalized spacial score (nSPS) is 11.2. The number of aryl methyl sites for hydroxylation is 2. The van der Waals surface area contributed by atoms with Crippen molar-refractivity contribution in [3.05, 3.63) is 45.3 Å². The number of nitrogens with zero attached hydrogens (tertiary/aromatic N) is 1. The van der Waals surface area contributed by atoms with Gasteiger partial charge in [-0.25, -0.2) is 4.79 Å². The maximum absolute atomic E-state index is 11.8. The number of likely N-dealkylation sites (N-methyl/N-ethyl adjacent to an activating group) is 2. The molecule has 1 amide bonds. The van der Waals surface area contributed by atoms with Gasteiger partial charge < -0.3 is 9.73 Å². The Morgan fingerprint density at radius 1 is 1.17 bits per heavy atom. The van der Waals surface area contributed by atoms with Crippen LogP contribution >= 0.6 is 0 Å². The molecule has 0 aliphatic rings. The first-order valence-electron chi connectivity index (χ1n) is 7.97. The van der Waals surface area contributed by atoms with Crippen LogP contribution in [0, 0.1) is 13.8 Å². The minimum Gasteiger partial charge on any atom is -0.423 e. The van der Waals surface area contributed by atoms with Crippen LogP contribution in [-0.4, -0.2) is 30.4 Å². The highest BCUT2D eigenvalue weighted by atomic mass is 16.4. The molecule has 0 aliphatic heterocycles. The summed E-state index contributed by atoms with van der Waals surface area (Å²) in [6.07, 6.45) is 0. The average Bonchev–Trinajstić information content (AvgIpc) is 2.48. The van der Waals surface area contributed by atoms with Gasteiger partial charge in [-0.05, 0) is 56.1 Å². The molecule has 0 aliphatic carbocycles. The lowest BCUT2D eigenvalue weighted by Crippen LogP contribution is -2.36. The van der Waals surface area contributed by atoms with Crippen LogP contribution in [-0.2, 0) is 11.3 Å². The first-order valence-corrected chi connectivity index (χ1v) is 7.97. The predicted octanol–water partition coefficient (Wildman–Crippen LogP) is 2.37. The molecular weight excluding hydrogens is 292 g/mol. The monoisotopic (exact) mass is 316 g/mol. The van der Waals surface area contributed by atoms with Gasteiger partial charge in [-0.2, -0.15) is 0 Å². The topological polar surface area (TPSA) is 62.6 Å². The molecule has 1 aromatic heterocycles. The maximum Gasteiger partial charge on any atom is 0.336 e. The third kappa shape index (κ3) is 4.20. The highest BCUT2D eigenvalue weighted by Crippen LogP contribution is 2.22. The summed E-state index contributed by atoms with van der Waals surface area (Å²) in [6, 6.07) is 5.47. The van der Waals surface area contributed by atoms with Crippen molar-refractivity contribution in [1.82, 2.24) is 10.2 Å². The Kier molecular flexibility index (Phi) is 5.55. The highest BCUT2D eigenvalue weighted by molar-refractivity contribution is 5.82. The molecule has 2 aromatic rings. The van der Waals surface area contributed by atoms with Crippen molar-refractivity contribution in [3.8, 4) is 0 Å². The number of hydrogen-bond donors (Lipinski definition) is 1. The highest BCUT2D eigenvalue weighted by Gasteiger charge is 2.13. The summed E-state index contributed by atoms with van der Waals surface area (Å²) in [6.45, 7) is 10.1. The SMILES string of the molecule is CCNC(=O)CN(CC)Cc1cc(=O)oc2cc(C)c(C)cc12. The molecule has 0 bridgehead atoms. The first kappa shape index (κ1) is 17.2. The molecule has 0 saturated carbocycles. The number of rotatable bonds is 6. The molecule has 1 N–H and O–H groups in total. The van der Waals surface area contributed by atoms with Gasteiger partial charge in [0.15, 0.2) is 0 Å². The van der Waals surface area contributed by atoms with E-state index in [4.69, 9.17) is 4.42 Å². The van der Waals surface area contributed by atoms with Crippen molar-refractivity contribution < 1.29 is 9.21 Å². The molecule has 5 heteroatoms. The summed E-state index contributed by atoms with van der Waals surface area (Å²) in [5.74, 6) is -0.00588. The zero-order valence-corrected chi connectivity index (χ0v) is 14.2. The molecule has 2 rings (SSSR count). The van der Waals surface area contributed by atoms with Crippen molar-refractivity contribution in [3.63, 3.8) is 0 Å². The molecule has 1 heterocycles. The largest absolute Gasteiger partial charge is 0.423 e. The van der Waals surface area contributed by atoms with Crippen LogP contribution in [0.3, 0.4) is 0 Å². The average molecular weight is 316 g/mol. The van der Waals surface area contributed by atoms with E-state index in [1.165, 1.54) is 6.07 Å². The zero-order valence-electron chi connectivity index (χ0n) is 14.2. The quantitative estimate of drug-likeness (QED) is 0.831. The summed E-state index contributed by atoms with van der Waals surface area (Å²) in [5, 5.41) is 3.73. The Hall–Kier alpha value is -2.14. The molecule has 0 unspecified atom stereocenters. The van der Waals surface area contributed by atoms with E-state index >= 15 is 0 Å². The van der Waals surface area contributed by atoms with Crippen LogP contribution in [0.5, 0.6) is 0 Å². The molecule has 0 radical (unpaired) electrons. The standard InChI is InChI=1S/C18H24N2O3/c1-5-19-17(21)11-20(6-2)10-14-9-18(22)23-16-8-13(4)12(3)7-15(14)16/h7-9H,5-6,10-11H2,1-4H3,(H,19,21). The number of hydrogen-bond acceptors (Lipinski definition) is 4. The van der Waals surface area contributed by atoms with Gasteiger partial charge in [-0.1, -0.05) is 6.92 Å². The van der Waals surface area contributed by atoms with Gasteiger partial charge in [-0.15, -0.1) is 0 Å². The van der Waals surface area contributed by atoms with Gasteiger partial charge in [0.25, 0.3) is 0 Å². The van der Waals surface area contributed by atoms with Crippen LogP contribution in [0.4, 0.5) is 0 Å². The smallest absolute Gasteiger partial charge is 0.336 e. The molecule has 0 saturated heterocycles. The minimum absolute atomic E-state index is 0.00588. The van der Waals surface area contributed by atoms with Crippen molar-refractivity contribution in [2.75, 3.05) is 19.6 Å². The van der Waals surface area contributed by atoms with Crippen molar-refractivity contribution >= 4 is 16.9 Å². The summed E-state index contributed by atoms with van der Waals surface area (Å²) < 4.78 is 5.32. The van der Waals surface area contributed by atoms with Gasteiger partial charge in [-0.3, -0.25) is 9.69 Å². The van der Waals surface area contributed by atoms with Crippen LogP contribution in [0.1, 0.15) is 30.5 Å². The van der Waals surface area contributed by atoms with Crippen molar-refractivity contribution in [2.45, 2.75) is 34.2 Å².